The molecule has 3 aromatic rings. The summed E-state index contributed by atoms with van der Waals surface area (Å²) in [5.41, 5.74) is 11.6. The SMILES string of the molecule is COc1cccc(-c2cccc(C3(c4ccc(OC)c(C)c4)C=C(N)NC3)c2)c1. The molecular formula is C25H26N2O2. The van der Waals surface area contributed by atoms with Crippen LogP contribution in [-0.2, 0) is 5.41 Å². The van der Waals surface area contributed by atoms with Gasteiger partial charge in [0.2, 0.25) is 0 Å². The lowest BCUT2D eigenvalue weighted by Gasteiger charge is -2.29. The predicted molar refractivity (Wildman–Crippen MR) is 117 cm³/mol. The molecule has 3 aromatic carbocycles. The van der Waals surface area contributed by atoms with Crippen molar-refractivity contribution in [3.63, 3.8) is 0 Å². The largest absolute Gasteiger partial charge is 0.497 e. The van der Waals surface area contributed by atoms with E-state index in [1.807, 2.05) is 18.2 Å². The molecule has 1 aliphatic rings. The molecule has 3 N–H and O–H groups in total. The van der Waals surface area contributed by atoms with Gasteiger partial charge in [0.1, 0.15) is 11.5 Å². The zero-order chi connectivity index (χ0) is 20.4. The molecule has 0 bridgehead atoms. The van der Waals surface area contributed by atoms with Gasteiger partial charge in [0.05, 0.1) is 25.5 Å². The summed E-state index contributed by atoms with van der Waals surface area (Å²) < 4.78 is 10.9. The van der Waals surface area contributed by atoms with Crippen LogP contribution < -0.4 is 20.5 Å². The van der Waals surface area contributed by atoms with Crippen molar-refractivity contribution in [1.29, 1.82) is 0 Å². The molecule has 0 saturated heterocycles. The highest BCUT2D eigenvalue weighted by Crippen LogP contribution is 2.40. The lowest BCUT2D eigenvalue weighted by Crippen LogP contribution is -2.31. The zero-order valence-electron chi connectivity index (χ0n) is 17.0. The smallest absolute Gasteiger partial charge is 0.121 e. The number of hydrogen-bond acceptors (Lipinski definition) is 4. The summed E-state index contributed by atoms with van der Waals surface area (Å²) in [6.07, 6.45) is 2.12. The minimum absolute atomic E-state index is 0.337. The zero-order valence-corrected chi connectivity index (χ0v) is 17.0. The van der Waals surface area contributed by atoms with E-state index in [9.17, 15) is 0 Å². The van der Waals surface area contributed by atoms with Crippen molar-refractivity contribution >= 4 is 0 Å². The summed E-state index contributed by atoms with van der Waals surface area (Å²) in [5, 5.41) is 3.32. The maximum Gasteiger partial charge on any atom is 0.121 e. The van der Waals surface area contributed by atoms with Crippen molar-refractivity contribution in [1.82, 2.24) is 5.32 Å². The van der Waals surface area contributed by atoms with Crippen LogP contribution in [0, 0.1) is 6.92 Å². The molecular weight excluding hydrogens is 360 g/mol. The van der Waals surface area contributed by atoms with E-state index >= 15 is 0 Å². The maximum absolute atomic E-state index is 6.17. The van der Waals surface area contributed by atoms with Gasteiger partial charge in [-0.3, -0.25) is 0 Å². The van der Waals surface area contributed by atoms with E-state index in [1.54, 1.807) is 14.2 Å². The second-order valence-electron chi connectivity index (χ2n) is 7.42. The number of rotatable bonds is 5. The molecule has 1 heterocycles. The highest BCUT2D eigenvalue weighted by Gasteiger charge is 2.36. The van der Waals surface area contributed by atoms with Crippen molar-refractivity contribution in [2.45, 2.75) is 12.3 Å². The van der Waals surface area contributed by atoms with Crippen LogP contribution in [0.4, 0.5) is 0 Å². The third-order valence-corrected chi connectivity index (χ3v) is 5.66. The van der Waals surface area contributed by atoms with Gasteiger partial charge in [-0.15, -0.1) is 0 Å². The van der Waals surface area contributed by atoms with E-state index in [0.717, 1.165) is 28.2 Å². The van der Waals surface area contributed by atoms with Crippen LogP contribution in [0.5, 0.6) is 11.5 Å². The van der Waals surface area contributed by atoms with Gasteiger partial charge in [-0.2, -0.15) is 0 Å². The number of nitrogens with one attached hydrogen (secondary N) is 1. The molecule has 0 aromatic heterocycles. The van der Waals surface area contributed by atoms with E-state index in [2.05, 4.69) is 66.8 Å². The Morgan fingerprint density at radius 2 is 1.59 bits per heavy atom. The highest BCUT2D eigenvalue weighted by atomic mass is 16.5. The molecule has 4 rings (SSSR count). The Labute approximate surface area is 172 Å². The fourth-order valence-electron chi connectivity index (χ4n) is 4.08. The average molecular weight is 386 g/mol. The number of aryl methyl sites for hydroxylation is 1. The Kier molecular flexibility index (Phi) is 4.93. The van der Waals surface area contributed by atoms with Crippen LogP contribution in [0.3, 0.4) is 0 Å². The minimum Gasteiger partial charge on any atom is -0.497 e. The number of hydrogen-bond donors (Lipinski definition) is 2. The van der Waals surface area contributed by atoms with E-state index in [0.29, 0.717) is 12.4 Å². The van der Waals surface area contributed by atoms with Crippen molar-refractivity contribution in [2.24, 2.45) is 5.73 Å². The summed E-state index contributed by atoms with van der Waals surface area (Å²) in [6.45, 7) is 2.78. The molecule has 148 valence electrons. The number of methoxy groups -OCH3 is 2. The Balaban J connectivity index is 1.84. The summed E-state index contributed by atoms with van der Waals surface area (Å²) in [5.74, 6) is 2.43. The van der Waals surface area contributed by atoms with Gasteiger partial charge in [0, 0.05) is 6.54 Å². The van der Waals surface area contributed by atoms with Crippen LogP contribution in [-0.4, -0.2) is 20.8 Å². The maximum atomic E-state index is 6.17. The summed E-state index contributed by atoms with van der Waals surface area (Å²) >= 11 is 0. The molecule has 29 heavy (non-hydrogen) atoms. The van der Waals surface area contributed by atoms with Crippen LogP contribution in [0.25, 0.3) is 11.1 Å². The van der Waals surface area contributed by atoms with Crippen LogP contribution in [0.2, 0.25) is 0 Å². The van der Waals surface area contributed by atoms with Crippen molar-refractivity contribution < 1.29 is 9.47 Å². The predicted octanol–water partition coefficient (Wildman–Crippen LogP) is 4.37. The first-order valence-corrected chi connectivity index (χ1v) is 9.68. The second-order valence-corrected chi connectivity index (χ2v) is 7.42. The number of nitrogens with two attached hydrogens (primary N) is 1. The molecule has 1 unspecified atom stereocenters. The van der Waals surface area contributed by atoms with Crippen LogP contribution in [0.1, 0.15) is 16.7 Å². The van der Waals surface area contributed by atoms with Gasteiger partial charge < -0.3 is 20.5 Å². The van der Waals surface area contributed by atoms with E-state index in [4.69, 9.17) is 15.2 Å². The summed E-state index contributed by atoms with van der Waals surface area (Å²) in [4.78, 5) is 0. The third kappa shape index (κ3) is 3.42. The molecule has 0 radical (unpaired) electrons. The van der Waals surface area contributed by atoms with Crippen LogP contribution in [0.15, 0.2) is 78.6 Å². The van der Waals surface area contributed by atoms with Gasteiger partial charge in [0.15, 0.2) is 0 Å². The second kappa shape index (κ2) is 7.55. The molecule has 1 aliphatic heterocycles. The van der Waals surface area contributed by atoms with E-state index < -0.39 is 0 Å². The third-order valence-electron chi connectivity index (χ3n) is 5.66. The van der Waals surface area contributed by atoms with Gasteiger partial charge in [-0.1, -0.05) is 42.5 Å². The highest BCUT2D eigenvalue weighted by molar-refractivity contribution is 5.67. The molecule has 0 spiro atoms. The lowest BCUT2D eigenvalue weighted by atomic mass is 9.74. The average Bonchev–Trinajstić information content (AvgIpc) is 3.17. The molecule has 1 atom stereocenters. The standard InChI is InChI=1S/C25H26N2O2/c1-17-12-21(10-11-23(17)29-3)25(15-24(26)27-16-25)20-8-4-6-18(13-20)19-7-5-9-22(14-19)28-2/h4-15,27H,16,26H2,1-3H3. The summed E-state index contributed by atoms with van der Waals surface area (Å²) in [7, 11) is 3.39. The fraction of sp³-hybridized carbons (Fsp3) is 0.200. The number of benzene rings is 3. The Bertz CT molecular complexity index is 1070. The Morgan fingerprint density at radius 3 is 2.24 bits per heavy atom. The van der Waals surface area contributed by atoms with Gasteiger partial charge in [-0.05, 0) is 65.1 Å². The molecule has 0 amide bonds. The molecule has 0 fully saturated rings. The first kappa shape index (κ1) is 18.9. The molecule has 0 saturated carbocycles. The first-order chi connectivity index (χ1) is 14.1. The van der Waals surface area contributed by atoms with Gasteiger partial charge in [-0.25, -0.2) is 0 Å². The molecule has 4 nitrogen and oxygen atoms in total. The Morgan fingerprint density at radius 1 is 0.862 bits per heavy atom. The summed E-state index contributed by atoms with van der Waals surface area (Å²) in [6, 6.07) is 23.1. The quantitative estimate of drug-likeness (QED) is 0.684. The molecule has 4 heteroatoms. The van der Waals surface area contributed by atoms with Crippen molar-refractivity contribution in [2.75, 3.05) is 20.8 Å². The monoisotopic (exact) mass is 386 g/mol. The van der Waals surface area contributed by atoms with E-state index in [-0.39, 0.29) is 5.41 Å². The molecule has 0 aliphatic carbocycles. The van der Waals surface area contributed by atoms with Gasteiger partial charge in [0.25, 0.3) is 0 Å². The van der Waals surface area contributed by atoms with E-state index in [1.165, 1.54) is 11.1 Å². The Hall–Kier alpha value is -3.40. The minimum atomic E-state index is -0.337. The van der Waals surface area contributed by atoms with Gasteiger partial charge >= 0.3 is 0 Å². The fourth-order valence-corrected chi connectivity index (χ4v) is 4.08. The topological polar surface area (TPSA) is 56.5 Å². The number of ether oxygens (including phenoxy) is 2. The first-order valence-electron chi connectivity index (χ1n) is 9.68. The lowest BCUT2D eigenvalue weighted by molar-refractivity contribution is 0.411. The normalized spacial score (nSPS) is 18.1. The van der Waals surface area contributed by atoms with Crippen molar-refractivity contribution in [3.05, 3.63) is 95.3 Å². The van der Waals surface area contributed by atoms with Crippen molar-refractivity contribution in [3.8, 4) is 22.6 Å². The van der Waals surface area contributed by atoms with Crippen LogP contribution >= 0.6 is 0 Å².